The van der Waals surface area contributed by atoms with Crippen LogP contribution < -0.4 is 21.3 Å². The Balaban J connectivity index is 4.59. The Morgan fingerprint density at radius 1 is 0.515 bits per heavy atom. The van der Waals surface area contributed by atoms with Gasteiger partial charge in [-0.25, -0.2) is 0 Å². The van der Waals surface area contributed by atoms with Crippen molar-refractivity contribution in [1.29, 1.82) is 0 Å². The van der Waals surface area contributed by atoms with Crippen molar-refractivity contribution in [2.45, 2.75) is 268 Å². The van der Waals surface area contributed by atoms with E-state index in [9.17, 15) is 29.4 Å². The number of hydrogen-bond donors (Lipinski definition) is 6. The molecule has 0 aromatic heterocycles. The van der Waals surface area contributed by atoms with Crippen LogP contribution in [0.4, 0.5) is 0 Å². The zero-order chi connectivity index (χ0) is 75.2. The van der Waals surface area contributed by atoms with Gasteiger partial charge in [-0.1, -0.05) is 102 Å². The van der Waals surface area contributed by atoms with E-state index < -0.39 is 161 Å². The molecule has 1 saturated heterocycles. The van der Waals surface area contributed by atoms with Crippen molar-refractivity contribution in [2.75, 3.05) is 73.9 Å². The Bertz CT molecular complexity index is 2630. The highest BCUT2D eigenvalue weighted by molar-refractivity contribution is 7.99. The van der Waals surface area contributed by atoms with E-state index >= 15 is 33.6 Å². The molecule has 11 amide bonds. The summed E-state index contributed by atoms with van der Waals surface area (Å²) in [6.45, 7) is 36.9. The molecule has 13 atom stereocenters. The Morgan fingerprint density at radius 2 is 0.959 bits per heavy atom. The number of carbonyl (C=O) groups is 11. The first-order valence-corrected chi connectivity index (χ1v) is 36.3. The maximum absolute atomic E-state index is 15.5. The first kappa shape index (κ1) is 89.2. The molecule has 0 radical (unpaired) electrons. The summed E-state index contributed by atoms with van der Waals surface area (Å²) in [5, 5.41) is 34.9. The first-order valence-electron chi connectivity index (χ1n) is 35.2. The average molecular weight is 1390 g/mol. The zero-order valence-electron chi connectivity index (χ0n) is 64.3. The molecule has 0 aromatic carbocycles. The zero-order valence-corrected chi connectivity index (χ0v) is 65.1. The summed E-state index contributed by atoms with van der Waals surface area (Å²) >= 11 is 1.41. The van der Waals surface area contributed by atoms with Gasteiger partial charge in [0.2, 0.25) is 65.0 Å². The third-order valence-electron chi connectivity index (χ3n) is 18.5. The van der Waals surface area contributed by atoms with E-state index in [1.165, 1.54) is 113 Å². The molecule has 0 aliphatic carbocycles. The summed E-state index contributed by atoms with van der Waals surface area (Å²) in [5.41, 5.74) is -1.59. The van der Waals surface area contributed by atoms with Gasteiger partial charge in [0.1, 0.15) is 66.5 Å². The third kappa shape index (κ3) is 26.3. The van der Waals surface area contributed by atoms with Crippen LogP contribution in [0.2, 0.25) is 0 Å². The molecule has 0 unspecified atom stereocenters. The van der Waals surface area contributed by atoms with E-state index in [-0.39, 0.29) is 68.1 Å². The van der Waals surface area contributed by atoms with Gasteiger partial charge in [0.25, 0.3) is 0 Å². The van der Waals surface area contributed by atoms with E-state index in [0.717, 1.165) is 29.3 Å². The lowest BCUT2D eigenvalue weighted by molar-refractivity contribution is -0.157. The van der Waals surface area contributed by atoms with Crippen LogP contribution in [0.5, 0.6) is 0 Å². The number of likely N-dealkylation sites (N-methyl/N-ethyl adjacent to an activating group) is 7. The van der Waals surface area contributed by atoms with Crippen LogP contribution in [-0.2, 0) is 52.7 Å². The first-order chi connectivity index (χ1) is 44.8. The van der Waals surface area contributed by atoms with Gasteiger partial charge in [0, 0.05) is 67.5 Å². The lowest BCUT2D eigenvalue weighted by Crippen LogP contribution is -2.64. The lowest BCUT2D eigenvalue weighted by Gasteiger charge is -2.41. The molecule has 0 bridgehead atoms. The molecule has 1 aliphatic heterocycles. The fourth-order valence-electron chi connectivity index (χ4n) is 12.3. The fourth-order valence-corrected chi connectivity index (χ4v) is 13.4. The summed E-state index contributed by atoms with van der Waals surface area (Å²) in [6.07, 6.45) is 3.10. The minimum Gasteiger partial charge on any atom is -0.390 e. The number of nitrogens with zero attached hydrogens (tertiary/aromatic N) is 8. The summed E-state index contributed by atoms with van der Waals surface area (Å²) in [5.74, 6) is -9.65. The van der Waals surface area contributed by atoms with Crippen molar-refractivity contribution in [3.8, 4) is 0 Å². The topological polar surface area (TPSA) is 302 Å². The molecule has 0 aromatic rings. The largest absolute Gasteiger partial charge is 0.390 e. The molecular formula is C71H130N12O13S. The molecule has 6 N–H and O–H groups in total. The molecule has 1 heterocycles. The maximum Gasteiger partial charge on any atom is 0.246 e. The Morgan fingerprint density at radius 3 is 1.42 bits per heavy atom. The predicted octanol–water partition coefficient (Wildman–Crippen LogP) is 4.61. The number of hydrogen-bond acceptors (Lipinski definition) is 15. The SMILES string of the molecule is CC=CC[C@@H](C)[C@@H](O)[C@H]1C(=O)N[C@@H](CC)C(=O)N(C)[C@H](CSCCCN(CC)C(C)C)C(=O)N(C)[C@@H](CC(C)(C)O)C(=O)N[C@@H](C(C)C)C(=O)N(C)[C@@H](CC(C)C)C(=O)N[C@@H](C)C(=O)N[C@H](C)C(=O)N(C)[C@@H](CC(C)C)C(=O)N(C)[C@@H](CC(C)C)C(=O)N(C)[C@@H](C(C)C)C(=O)N1C. The Hall–Kier alpha value is -5.86. The van der Waals surface area contributed by atoms with Crippen LogP contribution in [-0.4, -0.2) is 273 Å². The molecule has 1 aliphatic rings. The normalized spacial score (nSPS) is 26.1. The minimum absolute atomic E-state index is 0.0243. The van der Waals surface area contributed by atoms with E-state index in [2.05, 4.69) is 46.9 Å². The minimum atomic E-state index is -1.66. The van der Waals surface area contributed by atoms with Crippen LogP contribution >= 0.6 is 11.8 Å². The van der Waals surface area contributed by atoms with Crippen molar-refractivity contribution in [3.05, 3.63) is 12.2 Å². The van der Waals surface area contributed by atoms with E-state index in [0.29, 0.717) is 5.75 Å². The van der Waals surface area contributed by atoms with E-state index in [1.54, 1.807) is 54.5 Å². The third-order valence-corrected chi connectivity index (χ3v) is 19.7. The number of aliphatic hydroxyl groups is 2. The van der Waals surface area contributed by atoms with Gasteiger partial charge in [-0.3, -0.25) is 52.7 Å². The van der Waals surface area contributed by atoms with Crippen molar-refractivity contribution >= 4 is 76.7 Å². The number of amides is 11. The smallest absolute Gasteiger partial charge is 0.246 e. The molecule has 0 spiro atoms. The fraction of sp³-hybridized carbons (Fsp3) is 0.817. The molecule has 0 saturated carbocycles. The second kappa shape index (κ2) is 41.0. The predicted molar refractivity (Wildman–Crippen MR) is 383 cm³/mol. The second-order valence-electron chi connectivity index (χ2n) is 29.8. The molecule has 558 valence electrons. The Kier molecular flexibility index (Phi) is 37.7. The van der Waals surface area contributed by atoms with Gasteiger partial charge in [0.05, 0.1) is 11.7 Å². The van der Waals surface area contributed by atoms with Crippen LogP contribution in [0.3, 0.4) is 0 Å². The summed E-state index contributed by atoms with van der Waals surface area (Å²) < 4.78 is 0. The molecule has 25 nitrogen and oxygen atoms in total. The molecule has 1 fully saturated rings. The van der Waals surface area contributed by atoms with Crippen molar-refractivity contribution in [2.24, 2.45) is 35.5 Å². The number of thioether (sulfide) groups is 1. The highest BCUT2D eigenvalue weighted by Crippen LogP contribution is 2.27. The second-order valence-corrected chi connectivity index (χ2v) is 31.0. The van der Waals surface area contributed by atoms with Gasteiger partial charge in [-0.05, 0) is 141 Å². The highest BCUT2D eigenvalue weighted by atomic mass is 32.2. The number of allylic oxidation sites excluding steroid dienone is 2. The van der Waals surface area contributed by atoms with Crippen molar-refractivity contribution < 1.29 is 63.0 Å². The van der Waals surface area contributed by atoms with Crippen LogP contribution in [0.15, 0.2) is 12.2 Å². The summed E-state index contributed by atoms with van der Waals surface area (Å²) in [6, 6.07) is -14.1. The highest BCUT2D eigenvalue weighted by Gasteiger charge is 2.47. The number of rotatable bonds is 23. The molecule has 26 heteroatoms. The van der Waals surface area contributed by atoms with Gasteiger partial charge in [-0.2, -0.15) is 11.8 Å². The van der Waals surface area contributed by atoms with Crippen LogP contribution in [0, 0.1) is 35.5 Å². The van der Waals surface area contributed by atoms with Gasteiger partial charge >= 0.3 is 0 Å². The van der Waals surface area contributed by atoms with Gasteiger partial charge < -0.3 is 70.7 Å². The van der Waals surface area contributed by atoms with E-state index in [1.807, 2.05) is 47.6 Å². The molecule has 1 rings (SSSR count). The summed E-state index contributed by atoms with van der Waals surface area (Å²) in [7, 11) is 9.91. The monoisotopic (exact) mass is 1390 g/mol. The maximum atomic E-state index is 15.5. The van der Waals surface area contributed by atoms with Crippen LogP contribution in [0.1, 0.15) is 183 Å². The number of aliphatic hydroxyl groups excluding tert-OH is 1. The van der Waals surface area contributed by atoms with Crippen molar-refractivity contribution in [3.63, 3.8) is 0 Å². The standard InChI is InChI=1S/C71H130N12O13S/c1-28-31-33-47(16)59(84)58-63(88)74-50(29-2)65(90)80(25)55(40-97-35-32-34-83(30-3)46(14)15)68(93)79(24)54(39-71(19,20)96)62(87)75-56(44(10)11)69(94)76(21)51(36-41(4)5)61(86)72-48(17)60(85)73-49(18)64(89)77(22)52(37-42(6)7)66(91)78(23)53(38-43(8)9)67(92)81(26)57(45(12)13)70(95)82(58)27/h28,31,41-59,84,96H,29-30,32-40H2,1-27H3,(H,72,86)(H,73,85)(H,74,88)(H,75,87)/t47-,48+,49-,50+,51+,52+,53+,54+,55-,56+,57+,58+,59-/m1/s1. The Labute approximate surface area is 586 Å². The molecular weight excluding hydrogens is 1260 g/mol. The lowest BCUT2D eigenvalue weighted by atomic mass is 9.91. The van der Waals surface area contributed by atoms with Crippen molar-refractivity contribution in [1.82, 2.24) is 60.5 Å². The molecule has 97 heavy (non-hydrogen) atoms. The van der Waals surface area contributed by atoms with Gasteiger partial charge in [0.15, 0.2) is 0 Å². The summed E-state index contributed by atoms with van der Waals surface area (Å²) in [4.78, 5) is 175. The number of nitrogens with one attached hydrogen (secondary N) is 4. The van der Waals surface area contributed by atoms with Gasteiger partial charge in [-0.15, -0.1) is 0 Å². The van der Waals surface area contributed by atoms with Crippen LogP contribution in [0.25, 0.3) is 0 Å². The average Bonchev–Trinajstić information content (AvgIpc) is 0.810. The van der Waals surface area contributed by atoms with E-state index in [4.69, 9.17) is 0 Å². The number of carbonyl (C=O) groups excluding carboxylic acids is 11. The quantitative estimate of drug-likeness (QED) is 0.0602.